The molecule has 0 saturated carbocycles. The van der Waals surface area contributed by atoms with Crippen LogP contribution in [0.5, 0.6) is 0 Å². The van der Waals surface area contributed by atoms with Gasteiger partial charge in [0.25, 0.3) is 0 Å². The smallest absolute Gasteiger partial charge is 0.321 e. The zero-order chi connectivity index (χ0) is 18.7. The van der Waals surface area contributed by atoms with Gasteiger partial charge in [-0.1, -0.05) is 0 Å². The van der Waals surface area contributed by atoms with Gasteiger partial charge >= 0.3 is 12.0 Å². The molecule has 0 bridgehead atoms. The van der Waals surface area contributed by atoms with E-state index in [4.69, 9.17) is 9.84 Å². The number of carboxylic acid groups (broad SMARTS) is 1. The van der Waals surface area contributed by atoms with Crippen LogP contribution in [-0.2, 0) is 9.53 Å². The van der Waals surface area contributed by atoms with Crippen molar-refractivity contribution in [1.29, 1.82) is 0 Å². The van der Waals surface area contributed by atoms with E-state index in [1.807, 2.05) is 0 Å². The Hall–Kier alpha value is -2.42. The van der Waals surface area contributed by atoms with E-state index in [1.165, 1.54) is 4.90 Å². The molecule has 3 rings (SSSR count). The van der Waals surface area contributed by atoms with E-state index in [0.717, 1.165) is 12.1 Å². The lowest BCUT2D eigenvalue weighted by Gasteiger charge is -2.31. The van der Waals surface area contributed by atoms with E-state index in [2.05, 4.69) is 5.32 Å². The van der Waals surface area contributed by atoms with Crippen LogP contribution >= 0.6 is 0 Å². The van der Waals surface area contributed by atoms with Gasteiger partial charge in [0.1, 0.15) is 11.6 Å². The van der Waals surface area contributed by atoms with Crippen LogP contribution in [-0.4, -0.2) is 61.4 Å². The quantitative estimate of drug-likeness (QED) is 0.853. The molecule has 0 spiro atoms. The van der Waals surface area contributed by atoms with Crippen LogP contribution in [0.3, 0.4) is 0 Å². The highest BCUT2D eigenvalue weighted by atomic mass is 19.1. The van der Waals surface area contributed by atoms with Crippen molar-refractivity contribution in [2.24, 2.45) is 5.92 Å². The molecular formula is C17H21F2N3O4. The third-order valence-corrected chi connectivity index (χ3v) is 4.69. The van der Waals surface area contributed by atoms with Crippen molar-refractivity contribution in [3.8, 4) is 0 Å². The summed E-state index contributed by atoms with van der Waals surface area (Å²) in [4.78, 5) is 26.4. The van der Waals surface area contributed by atoms with Crippen LogP contribution in [0.15, 0.2) is 12.1 Å². The molecule has 2 aliphatic heterocycles. The first kappa shape index (κ1) is 18.4. The van der Waals surface area contributed by atoms with Gasteiger partial charge in [-0.05, 0) is 12.8 Å². The minimum atomic E-state index is -0.963. The molecule has 7 nitrogen and oxygen atoms in total. The summed E-state index contributed by atoms with van der Waals surface area (Å²) in [5, 5.41) is 11.4. The molecule has 2 saturated heterocycles. The van der Waals surface area contributed by atoms with E-state index in [0.29, 0.717) is 45.7 Å². The molecule has 0 aromatic heterocycles. The minimum absolute atomic E-state index is 0.0527. The normalized spacial score (nSPS) is 20.8. The van der Waals surface area contributed by atoms with Crippen molar-refractivity contribution in [1.82, 2.24) is 4.90 Å². The number of carboxylic acids is 1. The van der Waals surface area contributed by atoms with Crippen molar-refractivity contribution in [2.45, 2.75) is 12.8 Å². The summed E-state index contributed by atoms with van der Waals surface area (Å²) in [5.74, 6) is -2.98. The van der Waals surface area contributed by atoms with Gasteiger partial charge in [0.05, 0.1) is 30.5 Å². The van der Waals surface area contributed by atoms with Crippen LogP contribution in [0.25, 0.3) is 0 Å². The molecule has 0 radical (unpaired) electrons. The van der Waals surface area contributed by atoms with Crippen molar-refractivity contribution in [3.05, 3.63) is 23.8 Å². The molecule has 2 aliphatic rings. The molecule has 0 aliphatic carbocycles. The maximum atomic E-state index is 14.4. The molecule has 142 valence electrons. The number of morpholine rings is 1. The maximum absolute atomic E-state index is 14.4. The molecule has 26 heavy (non-hydrogen) atoms. The summed E-state index contributed by atoms with van der Waals surface area (Å²) in [5.41, 5.74) is -0.130. The average Bonchev–Trinajstić information content (AvgIpc) is 2.65. The fourth-order valence-corrected chi connectivity index (χ4v) is 3.24. The topological polar surface area (TPSA) is 82.1 Å². The van der Waals surface area contributed by atoms with Crippen LogP contribution in [0.2, 0.25) is 0 Å². The third kappa shape index (κ3) is 4.04. The zero-order valence-electron chi connectivity index (χ0n) is 14.2. The van der Waals surface area contributed by atoms with Crippen molar-refractivity contribution in [3.63, 3.8) is 0 Å². The van der Waals surface area contributed by atoms with Crippen LogP contribution in [0, 0.1) is 17.6 Å². The Bertz CT molecular complexity index is 695. The van der Waals surface area contributed by atoms with Gasteiger partial charge < -0.3 is 25.0 Å². The monoisotopic (exact) mass is 369 g/mol. The Labute approximate surface area is 149 Å². The van der Waals surface area contributed by atoms with Gasteiger partial charge in [0, 0.05) is 38.3 Å². The number of rotatable bonds is 3. The number of urea groups is 1. The standard InChI is InChI=1S/C17H21F2N3O4/c18-12-9-15(21-4-6-26-7-5-21)13(19)8-14(12)20-17(25)22-3-1-2-11(10-22)16(23)24/h8-9,11H,1-7,10H2,(H,20,25)(H,23,24). The SMILES string of the molecule is O=C(O)C1CCCN(C(=O)Nc2cc(F)c(N3CCOCC3)cc2F)C1. The number of ether oxygens (including phenoxy) is 1. The van der Waals surface area contributed by atoms with Crippen LogP contribution in [0.4, 0.5) is 25.0 Å². The predicted molar refractivity (Wildman–Crippen MR) is 90.3 cm³/mol. The molecular weight excluding hydrogens is 348 g/mol. The number of aliphatic carboxylic acids is 1. The number of nitrogens with zero attached hydrogens (tertiary/aromatic N) is 2. The highest BCUT2D eigenvalue weighted by Crippen LogP contribution is 2.27. The van der Waals surface area contributed by atoms with Crippen molar-refractivity contribution < 1.29 is 28.2 Å². The fraction of sp³-hybridized carbons (Fsp3) is 0.529. The molecule has 1 aromatic carbocycles. The number of nitrogens with one attached hydrogen (secondary N) is 1. The fourth-order valence-electron chi connectivity index (χ4n) is 3.24. The summed E-state index contributed by atoms with van der Waals surface area (Å²) >= 11 is 0. The maximum Gasteiger partial charge on any atom is 0.321 e. The molecule has 2 fully saturated rings. The van der Waals surface area contributed by atoms with E-state index < -0.39 is 29.6 Å². The number of piperidine rings is 1. The Balaban J connectivity index is 1.70. The average molecular weight is 369 g/mol. The molecule has 2 N–H and O–H groups in total. The Kier molecular flexibility index (Phi) is 5.55. The van der Waals surface area contributed by atoms with Crippen molar-refractivity contribution >= 4 is 23.4 Å². The molecule has 2 heterocycles. The summed E-state index contributed by atoms with van der Waals surface area (Å²) in [6.07, 6.45) is 1.05. The minimum Gasteiger partial charge on any atom is -0.481 e. The zero-order valence-corrected chi connectivity index (χ0v) is 14.2. The number of hydrogen-bond acceptors (Lipinski definition) is 4. The highest BCUT2D eigenvalue weighted by Gasteiger charge is 2.28. The lowest BCUT2D eigenvalue weighted by atomic mass is 9.99. The highest BCUT2D eigenvalue weighted by molar-refractivity contribution is 5.90. The lowest BCUT2D eigenvalue weighted by Crippen LogP contribution is -2.44. The van der Waals surface area contributed by atoms with Crippen LogP contribution in [0.1, 0.15) is 12.8 Å². The first-order chi connectivity index (χ1) is 12.5. The number of amides is 2. The number of carbonyl (C=O) groups excluding carboxylic acids is 1. The Morgan fingerprint density at radius 2 is 1.88 bits per heavy atom. The molecule has 1 aromatic rings. The summed E-state index contributed by atoms with van der Waals surface area (Å²) < 4.78 is 33.9. The van der Waals surface area contributed by atoms with Crippen molar-refractivity contribution in [2.75, 3.05) is 49.6 Å². The molecule has 9 heteroatoms. The summed E-state index contributed by atoms with van der Waals surface area (Å²) in [6.45, 7) is 2.25. The number of carbonyl (C=O) groups is 2. The van der Waals surface area contributed by atoms with Crippen LogP contribution < -0.4 is 10.2 Å². The van der Waals surface area contributed by atoms with Gasteiger partial charge in [-0.15, -0.1) is 0 Å². The molecule has 1 atom stereocenters. The van der Waals surface area contributed by atoms with E-state index >= 15 is 0 Å². The Morgan fingerprint density at radius 3 is 2.58 bits per heavy atom. The number of halogens is 2. The lowest BCUT2D eigenvalue weighted by molar-refractivity contribution is -0.143. The second-order valence-corrected chi connectivity index (χ2v) is 6.44. The van der Waals surface area contributed by atoms with E-state index in [-0.39, 0.29) is 17.9 Å². The summed E-state index contributed by atoms with van der Waals surface area (Å²) in [7, 11) is 0. The number of benzene rings is 1. The third-order valence-electron chi connectivity index (χ3n) is 4.69. The van der Waals surface area contributed by atoms with Gasteiger partial charge in [-0.3, -0.25) is 4.79 Å². The Morgan fingerprint density at radius 1 is 1.15 bits per heavy atom. The largest absolute Gasteiger partial charge is 0.481 e. The number of anilines is 2. The number of hydrogen-bond donors (Lipinski definition) is 2. The number of likely N-dealkylation sites (tertiary alicyclic amines) is 1. The molecule has 1 unspecified atom stereocenters. The van der Waals surface area contributed by atoms with Gasteiger partial charge in [-0.2, -0.15) is 0 Å². The first-order valence-electron chi connectivity index (χ1n) is 8.56. The van der Waals surface area contributed by atoms with E-state index in [1.54, 1.807) is 4.90 Å². The van der Waals surface area contributed by atoms with Gasteiger partial charge in [-0.25, -0.2) is 13.6 Å². The summed E-state index contributed by atoms with van der Waals surface area (Å²) in [6, 6.07) is 1.39. The second kappa shape index (κ2) is 7.86. The van der Waals surface area contributed by atoms with Gasteiger partial charge in [0.2, 0.25) is 0 Å². The van der Waals surface area contributed by atoms with Gasteiger partial charge in [0.15, 0.2) is 0 Å². The molecule has 2 amide bonds. The first-order valence-corrected chi connectivity index (χ1v) is 8.56. The van der Waals surface area contributed by atoms with E-state index in [9.17, 15) is 18.4 Å². The second-order valence-electron chi connectivity index (χ2n) is 6.44. The predicted octanol–water partition coefficient (Wildman–Crippen LogP) is 2.13.